The fourth-order valence-electron chi connectivity index (χ4n) is 3.03. The first kappa shape index (κ1) is 19.4. The Bertz CT molecular complexity index is 929. The van der Waals surface area contributed by atoms with Gasteiger partial charge in [0.2, 0.25) is 10.0 Å². The summed E-state index contributed by atoms with van der Waals surface area (Å²) in [6, 6.07) is 7.79. The zero-order valence-electron chi connectivity index (χ0n) is 15.0. The van der Waals surface area contributed by atoms with Crippen LogP contribution in [0.3, 0.4) is 0 Å². The molecule has 2 aromatic carbocycles. The maximum atomic E-state index is 13.9. The minimum Gasteiger partial charge on any atom is -0.493 e. The Morgan fingerprint density at radius 2 is 1.56 bits per heavy atom. The van der Waals surface area contributed by atoms with Crippen LogP contribution in [0.25, 0.3) is 0 Å². The van der Waals surface area contributed by atoms with Crippen LogP contribution in [0.15, 0.2) is 41.3 Å². The number of halogens is 2. The summed E-state index contributed by atoms with van der Waals surface area (Å²) in [5.74, 6) is -0.546. The number of benzene rings is 2. The Labute approximate surface area is 157 Å². The summed E-state index contributed by atoms with van der Waals surface area (Å²) < 4.78 is 64.5. The molecule has 0 atom stereocenters. The third kappa shape index (κ3) is 3.84. The molecule has 1 saturated heterocycles. The molecule has 0 radical (unpaired) electrons. The van der Waals surface area contributed by atoms with E-state index in [2.05, 4.69) is 0 Å². The molecule has 0 bridgehead atoms. The summed E-state index contributed by atoms with van der Waals surface area (Å²) in [4.78, 5) is 1.80. The fourth-order valence-corrected chi connectivity index (χ4v) is 4.47. The van der Waals surface area contributed by atoms with E-state index in [0.29, 0.717) is 24.6 Å². The predicted molar refractivity (Wildman–Crippen MR) is 96.9 cm³/mol. The highest BCUT2D eigenvalue weighted by Gasteiger charge is 2.30. The minimum atomic E-state index is -3.72. The molecule has 146 valence electrons. The second kappa shape index (κ2) is 7.69. The fraction of sp³-hybridized carbons (Fsp3) is 0.333. The lowest BCUT2D eigenvalue weighted by Crippen LogP contribution is -2.48. The third-order valence-electron chi connectivity index (χ3n) is 4.48. The molecule has 2 aromatic rings. The van der Waals surface area contributed by atoms with Gasteiger partial charge in [0.1, 0.15) is 11.6 Å². The van der Waals surface area contributed by atoms with Crippen LogP contribution in [0, 0.1) is 11.6 Å². The molecule has 0 saturated carbocycles. The summed E-state index contributed by atoms with van der Waals surface area (Å²) in [5, 5.41) is 0. The van der Waals surface area contributed by atoms with Crippen LogP contribution >= 0.6 is 0 Å². The third-order valence-corrected chi connectivity index (χ3v) is 6.38. The highest BCUT2D eigenvalue weighted by molar-refractivity contribution is 7.89. The molecule has 1 fully saturated rings. The highest BCUT2D eigenvalue weighted by atomic mass is 32.2. The van der Waals surface area contributed by atoms with Gasteiger partial charge in [-0.3, -0.25) is 0 Å². The van der Waals surface area contributed by atoms with Crippen molar-refractivity contribution in [3.05, 3.63) is 48.0 Å². The standard InChI is InChI=1S/C18H20F2N2O4S/c1-25-17-6-4-14(12-18(17)26-2)27(23,24)22-9-7-21(8-10-22)16-5-3-13(19)11-15(16)20/h3-6,11-12H,7-10H2,1-2H3. The lowest BCUT2D eigenvalue weighted by Gasteiger charge is -2.35. The van der Waals surface area contributed by atoms with Gasteiger partial charge < -0.3 is 14.4 Å². The van der Waals surface area contributed by atoms with Crippen molar-refractivity contribution in [3.8, 4) is 11.5 Å². The van der Waals surface area contributed by atoms with E-state index in [0.717, 1.165) is 6.07 Å². The quantitative estimate of drug-likeness (QED) is 0.775. The molecule has 9 heteroatoms. The largest absolute Gasteiger partial charge is 0.493 e. The van der Waals surface area contributed by atoms with Gasteiger partial charge in [0.25, 0.3) is 0 Å². The Balaban J connectivity index is 1.76. The maximum absolute atomic E-state index is 13.9. The van der Waals surface area contributed by atoms with Crippen LogP contribution in [0.1, 0.15) is 0 Å². The maximum Gasteiger partial charge on any atom is 0.243 e. The number of hydrogen-bond acceptors (Lipinski definition) is 5. The summed E-state index contributed by atoms with van der Waals surface area (Å²) in [5.41, 5.74) is 0.263. The Kier molecular flexibility index (Phi) is 5.52. The molecule has 0 aromatic heterocycles. The lowest BCUT2D eigenvalue weighted by atomic mass is 10.2. The number of ether oxygens (including phenoxy) is 2. The van der Waals surface area contributed by atoms with Gasteiger partial charge in [0.15, 0.2) is 11.5 Å². The zero-order chi connectivity index (χ0) is 19.6. The number of anilines is 1. The van der Waals surface area contributed by atoms with Crippen molar-refractivity contribution in [3.63, 3.8) is 0 Å². The number of rotatable bonds is 5. The van der Waals surface area contributed by atoms with Crippen molar-refractivity contribution in [2.45, 2.75) is 4.90 Å². The summed E-state index contributed by atoms with van der Waals surface area (Å²) in [7, 11) is -0.818. The molecule has 1 aliphatic heterocycles. The number of piperazine rings is 1. The van der Waals surface area contributed by atoms with Crippen molar-refractivity contribution in [1.82, 2.24) is 4.31 Å². The van der Waals surface area contributed by atoms with E-state index in [1.807, 2.05) is 0 Å². The average Bonchev–Trinajstić information content (AvgIpc) is 2.67. The van der Waals surface area contributed by atoms with Gasteiger partial charge in [-0.15, -0.1) is 0 Å². The topological polar surface area (TPSA) is 59.1 Å². The molecule has 27 heavy (non-hydrogen) atoms. The lowest BCUT2D eigenvalue weighted by molar-refractivity contribution is 0.353. The molecule has 1 aliphatic rings. The van der Waals surface area contributed by atoms with Gasteiger partial charge in [-0.1, -0.05) is 0 Å². The van der Waals surface area contributed by atoms with E-state index in [-0.39, 0.29) is 23.7 Å². The van der Waals surface area contributed by atoms with Gasteiger partial charge in [-0.25, -0.2) is 17.2 Å². The number of methoxy groups -OCH3 is 2. The zero-order valence-corrected chi connectivity index (χ0v) is 15.8. The normalized spacial score (nSPS) is 15.6. The van der Waals surface area contributed by atoms with Crippen LogP contribution in [-0.2, 0) is 10.0 Å². The van der Waals surface area contributed by atoms with Gasteiger partial charge in [-0.2, -0.15) is 4.31 Å². The summed E-state index contributed by atoms with van der Waals surface area (Å²) >= 11 is 0. The van der Waals surface area contributed by atoms with Crippen LogP contribution in [-0.4, -0.2) is 53.1 Å². The van der Waals surface area contributed by atoms with Crippen LogP contribution in [0.4, 0.5) is 14.5 Å². The second-order valence-electron chi connectivity index (χ2n) is 6.00. The first-order valence-corrected chi connectivity index (χ1v) is 9.73. The molecule has 0 unspecified atom stereocenters. The van der Waals surface area contributed by atoms with Crippen molar-refractivity contribution in [2.75, 3.05) is 45.3 Å². The highest BCUT2D eigenvalue weighted by Crippen LogP contribution is 2.31. The summed E-state index contributed by atoms with van der Waals surface area (Å²) in [6.07, 6.45) is 0. The molecular formula is C18H20F2N2O4S. The van der Waals surface area contributed by atoms with E-state index in [1.165, 1.54) is 48.9 Å². The molecule has 0 aliphatic carbocycles. The van der Waals surface area contributed by atoms with E-state index in [1.54, 1.807) is 4.90 Å². The van der Waals surface area contributed by atoms with Gasteiger partial charge in [0.05, 0.1) is 24.8 Å². The molecule has 0 amide bonds. The minimum absolute atomic E-state index is 0.0987. The van der Waals surface area contributed by atoms with E-state index in [4.69, 9.17) is 9.47 Å². The van der Waals surface area contributed by atoms with Crippen LogP contribution in [0.2, 0.25) is 0 Å². The first-order valence-electron chi connectivity index (χ1n) is 8.29. The first-order chi connectivity index (χ1) is 12.9. The smallest absolute Gasteiger partial charge is 0.243 e. The Morgan fingerprint density at radius 1 is 0.889 bits per heavy atom. The van der Waals surface area contributed by atoms with Crippen LogP contribution in [0.5, 0.6) is 11.5 Å². The molecule has 3 rings (SSSR count). The molecule has 0 N–H and O–H groups in total. The van der Waals surface area contributed by atoms with Crippen molar-refractivity contribution < 1.29 is 26.7 Å². The van der Waals surface area contributed by atoms with Crippen molar-refractivity contribution in [2.24, 2.45) is 0 Å². The Hall–Kier alpha value is -2.39. The molecule has 0 spiro atoms. The predicted octanol–water partition coefficient (Wildman–Crippen LogP) is 2.49. The van der Waals surface area contributed by atoms with E-state index >= 15 is 0 Å². The number of sulfonamides is 1. The van der Waals surface area contributed by atoms with Crippen LogP contribution < -0.4 is 14.4 Å². The molecule has 6 nitrogen and oxygen atoms in total. The number of nitrogens with zero attached hydrogens (tertiary/aromatic N) is 2. The van der Waals surface area contributed by atoms with Gasteiger partial charge >= 0.3 is 0 Å². The van der Waals surface area contributed by atoms with Crippen molar-refractivity contribution >= 4 is 15.7 Å². The molecular weight excluding hydrogens is 378 g/mol. The monoisotopic (exact) mass is 398 g/mol. The van der Waals surface area contributed by atoms with E-state index in [9.17, 15) is 17.2 Å². The molecule has 1 heterocycles. The number of hydrogen-bond donors (Lipinski definition) is 0. The Morgan fingerprint density at radius 3 is 2.15 bits per heavy atom. The summed E-state index contributed by atoms with van der Waals surface area (Å²) in [6.45, 7) is 0.977. The van der Waals surface area contributed by atoms with E-state index < -0.39 is 21.7 Å². The van der Waals surface area contributed by atoms with Gasteiger partial charge in [-0.05, 0) is 24.3 Å². The average molecular weight is 398 g/mol. The second-order valence-corrected chi connectivity index (χ2v) is 7.94. The van der Waals surface area contributed by atoms with Gasteiger partial charge in [0, 0.05) is 38.3 Å². The van der Waals surface area contributed by atoms with Crippen molar-refractivity contribution in [1.29, 1.82) is 0 Å². The SMILES string of the molecule is COc1ccc(S(=O)(=O)N2CCN(c3ccc(F)cc3F)CC2)cc1OC.